The standard InChI is InChI=1S/C15H19BrFNO2/c1-2-20-15(19)10-4-3-5-12(8-10)18-14-7-6-11(17)9-13(14)16/h6-7,9-10,12,18H,2-5,8H2,1H3. The maximum atomic E-state index is 13.1. The zero-order valence-corrected chi connectivity index (χ0v) is 13.1. The molecule has 0 saturated heterocycles. The predicted molar refractivity (Wildman–Crippen MR) is 80.1 cm³/mol. The Balaban J connectivity index is 1.97. The van der Waals surface area contributed by atoms with Gasteiger partial charge in [-0.1, -0.05) is 6.42 Å². The smallest absolute Gasteiger partial charge is 0.308 e. The van der Waals surface area contributed by atoms with Gasteiger partial charge in [0.2, 0.25) is 0 Å². The second kappa shape index (κ2) is 7.07. The highest BCUT2D eigenvalue weighted by molar-refractivity contribution is 9.10. The van der Waals surface area contributed by atoms with Crippen LogP contribution in [0.2, 0.25) is 0 Å². The van der Waals surface area contributed by atoms with Crippen molar-refractivity contribution in [2.24, 2.45) is 5.92 Å². The van der Waals surface area contributed by atoms with E-state index in [9.17, 15) is 9.18 Å². The summed E-state index contributed by atoms with van der Waals surface area (Å²) in [6.45, 7) is 2.25. The summed E-state index contributed by atoms with van der Waals surface area (Å²) in [4.78, 5) is 11.8. The Bertz CT molecular complexity index is 481. The largest absolute Gasteiger partial charge is 0.466 e. The number of halogens is 2. The maximum absolute atomic E-state index is 13.1. The number of benzene rings is 1. The summed E-state index contributed by atoms with van der Waals surface area (Å²) in [5.74, 6) is -0.395. The van der Waals surface area contributed by atoms with Gasteiger partial charge in [0.25, 0.3) is 0 Å². The topological polar surface area (TPSA) is 38.3 Å². The molecule has 2 rings (SSSR count). The quantitative estimate of drug-likeness (QED) is 0.835. The molecular weight excluding hydrogens is 325 g/mol. The molecule has 0 bridgehead atoms. The van der Waals surface area contributed by atoms with Gasteiger partial charge < -0.3 is 10.1 Å². The van der Waals surface area contributed by atoms with Crippen LogP contribution in [0.3, 0.4) is 0 Å². The lowest BCUT2D eigenvalue weighted by atomic mass is 9.85. The summed E-state index contributed by atoms with van der Waals surface area (Å²) >= 11 is 3.35. The van der Waals surface area contributed by atoms with Gasteiger partial charge >= 0.3 is 5.97 Å². The molecule has 20 heavy (non-hydrogen) atoms. The monoisotopic (exact) mass is 343 g/mol. The van der Waals surface area contributed by atoms with Crippen LogP contribution in [0.5, 0.6) is 0 Å². The van der Waals surface area contributed by atoms with Crippen LogP contribution in [0.25, 0.3) is 0 Å². The van der Waals surface area contributed by atoms with Gasteiger partial charge in [0, 0.05) is 16.2 Å². The van der Waals surface area contributed by atoms with Crippen molar-refractivity contribution >= 4 is 27.6 Å². The number of ether oxygens (including phenoxy) is 1. The van der Waals surface area contributed by atoms with Crippen molar-refractivity contribution in [2.75, 3.05) is 11.9 Å². The molecule has 2 atom stereocenters. The number of hydrogen-bond acceptors (Lipinski definition) is 3. The Labute approximate surface area is 127 Å². The van der Waals surface area contributed by atoms with E-state index in [-0.39, 0.29) is 23.7 Å². The van der Waals surface area contributed by atoms with Crippen LogP contribution in [0, 0.1) is 11.7 Å². The summed E-state index contributed by atoms with van der Waals surface area (Å²) in [6, 6.07) is 4.81. The minimum absolute atomic E-state index is 0.0274. The maximum Gasteiger partial charge on any atom is 0.308 e. The fourth-order valence-electron chi connectivity index (χ4n) is 2.62. The first-order valence-electron chi connectivity index (χ1n) is 6.98. The van der Waals surface area contributed by atoms with Crippen molar-refractivity contribution in [1.29, 1.82) is 0 Å². The lowest BCUT2D eigenvalue weighted by Crippen LogP contribution is -2.32. The van der Waals surface area contributed by atoms with E-state index in [1.807, 2.05) is 6.92 Å². The molecule has 1 aliphatic carbocycles. The van der Waals surface area contributed by atoms with Gasteiger partial charge in [-0.25, -0.2) is 4.39 Å². The SMILES string of the molecule is CCOC(=O)C1CCCC(Nc2ccc(F)cc2Br)C1. The average molecular weight is 344 g/mol. The van der Waals surface area contributed by atoms with Gasteiger partial charge in [0.1, 0.15) is 5.82 Å². The summed E-state index contributed by atoms with van der Waals surface area (Å²) < 4.78 is 18.9. The first-order valence-corrected chi connectivity index (χ1v) is 7.77. The molecular formula is C15H19BrFNO2. The van der Waals surface area contributed by atoms with E-state index in [1.165, 1.54) is 12.1 Å². The van der Waals surface area contributed by atoms with E-state index in [4.69, 9.17) is 4.74 Å². The number of rotatable bonds is 4. The number of esters is 1. The van der Waals surface area contributed by atoms with E-state index < -0.39 is 0 Å². The predicted octanol–water partition coefficient (Wildman–Crippen LogP) is 4.12. The molecule has 1 N–H and O–H groups in total. The molecule has 0 spiro atoms. The Morgan fingerprint density at radius 2 is 2.30 bits per heavy atom. The van der Waals surface area contributed by atoms with E-state index in [1.54, 1.807) is 6.07 Å². The summed E-state index contributed by atoms with van der Waals surface area (Å²) in [5, 5.41) is 3.38. The zero-order valence-electron chi connectivity index (χ0n) is 11.5. The van der Waals surface area contributed by atoms with Gasteiger partial charge in [-0.3, -0.25) is 4.79 Å². The van der Waals surface area contributed by atoms with Gasteiger partial charge in [0.05, 0.1) is 12.5 Å². The van der Waals surface area contributed by atoms with Crippen molar-refractivity contribution in [1.82, 2.24) is 0 Å². The second-order valence-corrected chi connectivity index (χ2v) is 5.94. The molecule has 0 aliphatic heterocycles. The molecule has 3 nitrogen and oxygen atoms in total. The summed E-state index contributed by atoms with van der Waals surface area (Å²) in [6.07, 6.45) is 3.67. The number of carbonyl (C=O) groups is 1. The molecule has 110 valence electrons. The van der Waals surface area contributed by atoms with Crippen LogP contribution in [0.1, 0.15) is 32.6 Å². The van der Waals surface area contributed by atoms with Crippen molar-refractivity contribution in [3.8, 4) is 0 Å². The third-order valence-corrected chi connectivity index (χ3v) is 4.24. The van der Waals surface area contributed by atoms with E-state index in [2.05, 4.69) is 21.2 Å². The van der Waals surface area contributed by atoms with Crippen LogP contribution in [0.15, 0.2) is 22.7 Å². The second-order valence-electron chi connectivity index (χ2n) is 5.08. The fraction of sp³-hybridized carbons (Fsp3) is 0.533. The Morgan fingerprint density at radius 3 is 3.00 bits per heavy atom. The Kier molecular flexibility index (Phi) is 5.40. The van der Waals surface area contributed by atoms with E-state index in [0.29, 0.717) is 11.1 Å². The highest BCUT2D eigenvalue weighted by Gasteiger charge is 2.28. The Morgan fingerprint density at radius 1 is 1.50 bits per heavy atom. The lowest BCUT2D eigenvalue weighted by Gasteiger charge is -2.29. The average Bonchev–Trinajstić information content (AvgIpc) is 2.43. The van der Waals surface area contributed by atoms with Crippen LogP contribution >= 0.6 is 15.9 Å². The third kappa shape index (κ3) is 3.95. The molecule has 1 saturated carbocycles. The highest BCUT2D eigenvalue weighted by atomic mass is 79.9. The fourth-order valence-corrected chi connectivity index (χ4v) is 3.09. The first-order chi connectivity index (χ1) is 9.60. The Hall–Kier alpha value is -1.10. The lowest BCUT2D eigenvalue weighted by molar-refractivity contribution is -0.149. The van der Waals surface area contributed by atoms with Gasteiger partial charge in [-0.05, 0) is 60.3 Å². The minimum atomic E-state index is -0.268. The molecule has 0 aromatic heterocycles. The van der Waals surface area contributed by atoms with Gasteiger partial charge in [0.15, 0.2) is 0 Å². The molecule has 0 radical (unpaired) electrons. The van der Waals surface area contributed by atoms with Crippen molar-refractivity contribution in [3.63, 3.8) is 0 Å². The van der Waals surface area contributed by atoms with E-state index >= 15 is 0 Å². The molecule has 1 aromatic carbocycles. The first kappa shape index (κ1) is 15.3. The zero-order chi connectivity index (χ0) is 14.5. The van der Waals surface area contributed by atoms with E-state index in [0.717, 1.165) is 31.4 Å². The third-order valence-electron chi connectivity index (χ3n) is 3.58. The molecule has 0 amide bonds. The molecule has 2 unspecified atom stereocenters. The number of nitrogens with one attached hydrogen (secondary N) is 1. The molecule has 1 aliphatic rings. The number of anilines is 1. The highest BCUT2D eigenvalue weighted by Crippen LogP contribution is 2.30. The molecule has 5 heteroatoms. The van der Waals surface area contributed by atoms with Crippen LogP contribution in [0.4, 0.5) is 10.1 Å². The van der Waals surface area contributed by atoms with Crippen molar-refractivity contribution in [3.05, 3.63) is 28.5 Å². The number of hydrogen-bond donors (Lipinski definition) is 1. The summed E-state index contributed by atoms with van der Waals surface area (Å²) in [5.41, 5.74) is 0.862. The minimum Gasteiger partial charge on any atom is -0.466 e. The van der Waals surface area contributed by atoms with Gasteiger partial charge in [-0.15, -0.1) is 0 Å². The molecule has 1 aromatic rings. The van der Waals surface area contributed by atoms with Crippen LogP contribution in [-0.4, -0.2) is 18.6 Å². The van der Waals surface area contributed by atoms with Crippen molar-refractivity contribution < 1.29 is 13.9 Å². The van der Waals surface area contributed by atoms with Crippen molar-refractivity contribution in [2.45, 2.75) is 38.6 Å². The van der Waals surface area contributed by atoms with Crippen LogP contribution < -0.4 is 5.32 Å². The normalized spacial score (nSPS) is 22.4. The van der Waals surface area contributed by atoms with Crippen LogP contribution in [-0.2, 0) is 9.53 Å². The summed E-state index contributed by atoms with van der Waals surface area (Å²) in [7, 11) is 0. The molecule has 0 heterocycles. The van der Waals surface area contributed by atoms with Gasteiger partial charge in [-0.2, -0.15) is 0 Å². The molecule has 1 fully saturated rings. The number of carbonyl (C=O) groups excluding carboxylic acids is 1.